The Morgan fingerprint density at radius 3 is 2.89 bits per heavy atom. The van der Waals surface area contributed by atoms with E-state index in [1.807, 2.05) is 28.8 Å². The Balaban J connectivity index is 1.38. The first-order chi connectivity index (χ1) is 13.3. The maximum Gasteiger partial charge on any atom is 0.274 e. The number of thioether (sulfide) groups is 1. The van der Waals surface area contributed by atoms with Crippen LogP contribution in [0.1, 0.15) is 35.1 Å². The lowest BCUT2D eigenvalue weighted by atomic mass is 10.2. The van der Waals surface area contributed by atoms with Gasteiger partial charge >= 0.3 is 0 Å². The van der Waals surface area contributed by atoms with Crippen LogP contribution in [-0.4, -0.2) is 60.1 Å². The average molecular weight is 382 g/mol. The molecule has 2 aliphatic rings. The van der Waals surface area contributed by atoms with Gasteiger partial charge in [-0.1, -0.05) is 5.16 Å². The number of amides is 1. The summed E-state index contributed by atoms with van der Waals surface area (Å²) in [4.78, 5) is 27.6. The molecule has 0 atom stereocenters. The highest BCUT2D eigenvalue weighted by atomic mass is 32.2. The first-order valence-corrected chi connectivity index (χ1v) is 10.1. The summed E-state index contributed by atoms with van der Waals surface area (Å²) in [5, 5.41) is 4.06. The van der Waals surface area contributed by atoms with E-state index in [1.165, 1.54) is 0 Å². The molecule has 1 saturated carbocycles. The molecular weight excluding hydrogens is 364 g/mol. The summed E-state index contributed by atoms with van der Waals surface area (Å²) in [6, 6.07) is 3.69. The lowest BCUT2D eigenvalue weighted by molar-refractivity contribution is 0.0767. The molecule has 27 heavy (non-hydrogen) atoms. The van der Waals surface area contributed by atoms with Crippen LogP contribution in [0, 0.1) is 0 Å². The monoisotopic (exact) mass is 382 g/mol. The third-order valence-corrected chi connectivity index (χ3v) is 5.68. The largest absolute Gasteiger partial charge is 0.336 e. The number of aromatic nitrogens is 5. The minimum Gasteiger partial charge on any atom is -0.336 e. The van der Waals surface area contributed by atoms with Gasteiger partial charge in [-0.25, -0.2) is 9.97 Å². The van der Waals surface area contributed by atoms with Crippen LogP contribution < -0.4 is 0 Å². The molecule has 3 aromatic rings. The van der Waals surface area contributed by atoms with Crippen LogP contribution in [0.2, 0.25) is 0 Å². The molecule has 1 aliphatic carbocycles. The van der Waals surface area contributed by atoms with Gasteiger partial charge in [-0.2, -0.15) is 16.7 Å². The van der Waals surface area contributed by atoms with Crippen LogP contribution in [0.15, 0.2) is 35.4 Å². The summed E-state index contributed by atoms with van der Waals surface area (Å²) in [7, 11) is 0. The summed E-state index contributed by atoms with van der Waals surface area (Å²) in [6.07, 6.45) is 7.28. The number of hydrogen-bond acceptors (Lipinski definition) is 7. The smallest absolute Gasteiger partial charge is 0.274 e. The van der Waals surface area contributed by atoms with Crippen molar-refractivity contribution in [3.63, 3.8) is 0 Å². The van der Waals surface area contributed by atoms with Crippen molar-refractivity contribution in [1.29, 1.82) is 0 Å². The fourth-order valence-corrected chi connectivity index (χ4v) is 3.94. The van der Waals surface area contributed by atoms with Gasteiger partial charge in [0.2, 0.25) is 0 Å². The lowest BCUT2D eigenvalue weighted by Gasteiger charge is -2.25. The normalized spacial score (nSPS) is 17.3. The van der Waals surface area contributed by atoms with Crippen LogP contribution in [0.5, 0.6) is 0 Å². The molecule has 0 radical (unpaired) electrons. The fourth-order valence-electron chi connectivity index (χ4n) is 3.04. The van der Waals surface area contributed by atoms with Crippen molar-refractivity contribution >= 4 is 17.7 Å². The third-order valence-electron chi connectivity index (χ3n) is 4.74. The van der Waals surface area contributed by atoms with E-state index in [2.05, 4.69) is 20.1 Å². The number of pyridine rings is 1. The van der Waals surface area contributed by atoms with Crippen molar-refractivity contribution in [2.24, 2.45) is 0 Å². The van der Waals surface area contributed by atoms with Crippen molar-refractivity contribution in [2.75, 3.05) is 24.6 Å². The average Bonchev–Trinajstić information content (AvgIpc) is 3.25. The van der Waals surface area contributed by atoms with E-state index in [-0.39, 0.29) is 5.91 Å². The number of carbonyl (C=O) groups excluding carboxylic acids is 1. The van der Waals surface area contributed by atoms with Crippen molar-refractivity contribution < 1.29 is 9.32 Å². The fraction of sp³-hybridized carbons (Fsp3) is 0.389. The van der Waals surface area contributed by atoms with Gasteiger partial charge in [0.15, 0.2) is 5.82 Å². The van der Waals surface area contributed by atoms with Gasteiger partial charge in [0.05, 0.1) is 0 Å². The molecule has 3 aromatic heterocycles. The highest BCUT2D eigenvalue weighted by Gasteiger charge is 2.29. The molecule has 0 aromatic carbocycles. The van der Waals surface area contributed by atoms with Crippen LogP contribution in [-0.2, 0) is 0 Å². The molecule has 2 fully saturated rings. The quantitative estimate of drug-likeness (QED) is 0.684. The summed E-state index contributed by atoms with van der Waals surface area (Å²) in [5.74, 6) is 4.28. The van der Waals surface area contributed by atoms with E-state index in [4.69, 9.17) is 4.52 Å². The van der Waals surface area contributed by atoms with Crippen LogP contribution in [0.25, 0.3) is 17.3 Å². The van der Waals surface area contributed by atoms with Gasteiger partial charge in [-0.15, -0.1) is 0 Å². The first-order valence-electron chi connectivity index (χ1n) is 8.99. The van der Waals surface area contributed by atoms with E-state index in [1.54, 1.807) is 23.3 Å². The highest BCUT2D eigenvalue weighted by Crippen LogP contribution is 2.38. The number of rotatable bonds is 4. The molecule has 1 amide bonds. The lowest BCUT2D eigenvalue weighted by Crippen LogP contribution is -2.38. The Kier molecular flexibility index (Phi) is 4.16. The molecule has 0 bridgehead atoms. The molecule has 4 heterocycles. The first kappa shape index (κ1) is 16.5. The second-order valence-electron chi connectivity index (χ2n) is 6.71. The van der Waals surface area contributed by atoms with Crippen molar-refractivity contribution in [2.45, 2.75) is 18.8 Å². The second kappa shape index (κ2) is 6.80. The third kappa shape index (κ3) is 3.34. The van der Waals surface area contributed by atoms with Crippen molar-refractivity contribution in [1.82, 2.24) is 29.6 Å². The number of nitrogens with zero attached hydrogens (tertiary/aromatic N) is 6. The molecule has 0 N–H and O–H groups in total. The predicted molar refractivity (Wildman–Crippen MR) is 99.9 cm³/mol. The summed E-state index contributed by atoms with van der Waals surface area (Å²) in [6.45, 7) is 1.54. The van der Waals surface area contributed by atoms with E-state index in [0.29, 0.717) is 23.3 Å². The molecule has 1 aliphatic heterocycles. The Labute approximate surface area is 160 Å². The zero-order chi connectivity index (χ0) is 18.2. The maximum absolute atomic E-state index is 12.6. The molecule has 5 rings (SSSR count). The minimum absolute atomic E-state index is 0.0313. The SMILES string of the molecule is O=C(c1cn(-c2cc(-c3nc(C4CC4)no3)ccn2)cn1)N1CCSCC1. The van der Waals surface area contributed by atoms with Gasteiger partial charge in [-0.3, -0.25) is 9.36 Å². The van der Waals surface area contributed by atoms with Gasteiger partial charge in [0.1, 0.15) is 17.8 Å². The zero-order valence-electron chi connectivity index (χ0n) is 14.6. The molecular formula is C18H18N6O2S. The van der Waals surface area contributed by atoms with Crippen LogP contribution >= 0.6 is 11.8 Å². The number of hydrogen-bond donors (Lipinski definition) is 0. The maximum atomic E-state index is 12.6. The van der Waals surface area contributed by atoms with E-state index >= 15 is 0 Å². The molecule has 9 heteroatoms. The van der Waals surface area contributed by atoms with Crippen LogP contribution in [0.4, 0.5) is 0 Å². The molecule has 0 spiro atoms. The summed E-state index contributed by atoms with van der Waals surface area (Å²) < 4.78 is 7.13. The van der Waals surface area contributed by atoms with Crippen LogP contribution in [0.3, 0.4) is 0 Å². The number of imidazole rings is 1. The second-order valence-corrected chi connectivity index (χ2v) is 7.93. The molecule has 0 unspecified atom stereocenters. The van der Waals surface area contributed by atoms with E-state index in [9.17, 15) is 4.79 Å². The Morgan fingerprint density at radius 2 is 2.07 bits per heavy atom. The topological polar surface area (TPSA) is 89.9 Å². The Hall–Kier alpha value is -2.68. The van der Waals surface area contributed by atoms with E-state index < -0.39 is 0 Å². The van der Waals surface area contributed by atoms with Gasteiger partial charge in [0, 0.05) is 48.5 Å². The minimum atomic E-state index is -0.0313. The van der Waals surface area contributed by atoms with Crippen molar-refractivity contribution in [3.8, 4) is 17.3 Å². The van der Waals surface area contributed by atoms with Gasteiger partial charge in [-0.05, 0) is 25.0 Å². The Bertz CT molecular complexity index is 974. The highest BCUT2D eigenvalue weighted by molar-refractivity contribution is 7.99. The van der Waals surface area contributed by atoms with Gasteiger partial charge < -0.3 is 9.42 Å². The Morgan fingerprint density at radius 1 is 1.22 bits per heavy atom. The van der Waals surface area contributed by atoms with Gasteiger partial charge in [0.25, 0.3) is 11.8 Å². The number of carbonyl (C=O) groups is 1. The van der Waals surface area contributed by atoms with Crippen molar-refractivity contribution in [3.05, 3.63) is 42.4 Å². The predicted octanol–water partition coefficient (Wildman–Crippen LogP) is 2.38. The summed E-state index contributed by atoms with van der Waals surface area (Å²) in [5.41, 5.74) is 1.23. The molecule has 1 saturated heterocycles. The van der Waals surface area contributed by atoms with E-state index in [0.717, 1.165) is 48.8 Å². The summed E-state index contributed by atoms with van der Waals surface area (Å²) >= 11 is 1.87. The zero-order valence-corrected chi connectivity index (χ0v) is 15.4. The standard InChI is InChI=1S/C18H18N6O2S/c25-18(23-5-7-27-8-6-23)14-10-24(11-20-14)15-9-13(3-4-19-15)17-21-16(22-26-17)12-1-2-12/h3-4,9-12H,1-2,5-8H2. The molecule has 138 valence electrons. The molecule has 8 nitrogen and oxygen atoms in total.